The van der Waals surface area contributed by atoms with E-state index in [2.05, 4.69) is 0 Å². The van der Waals surface area contributed by atoms with Crippen molar-refractivity contribution < 1.29 is 14.3 Å². The number of aryl methyl sites for hydroxylation is 1. The number of halogens is 1. The summed E-state index contributed by atoms with van der Waals surface area (Å²) in [5.41, 5.74) is 2.84. The van der Waals surface area contributed by atoms with E-state index in [4.69, 9.17) is 16.3 Å². The lowest BCUT2D eigenvalue weighted by Gasteiger charge is -2.20. The van der Waals surface area contributed by atoms with Gasteiger partial charge in [0.25, 0.3) is 11.8 Å². The summed E-state index contributed by atoms with van der Waals surface area (Å²) in [6.45, 7) is 3.40. The van der Waals surface area contributed by atoms with Crippen molar-refractivity contribution in [2.75, 3.05) is 25.1 Å². The maximum absolute atomic E-state index is 13.5. The molecule has 0 unspecified atom stereocenters. The SMILES string of the molecule is COc1ccccc1C1=C(N2CCCC2)C(=O)N(c2ccc(C)c(Cl)c2)C1=O. The van der Waals surface area contributed by atoms with Crippen molar-refractivity contribution in [1.82, 2.24) is 4.90 Å². The first-order chi connectivity index (χ1) is 13.5. The summed E-state index contributed by atoms with van der Waals surface area (Å²) in [5.74, 6) is -0.0943. The van der Waals surface area contributed by atoms with Crippen molar-refractivity contribution in [3.05, 3.63) is 64.3 Å². The minimum atomic E-state index is -0.351. The third-order valence-electron chi connectivity index (χ3n) is 5.27. The molecule has 2 heterocycles. The molecule has 2 aromatic rings. The Morgan fingerprint density at radius 3 is 2.39 bits per heavy atom. The smallest absolute Gasteiger partial charge is 0.282 e. The first-order valence-electron chi connectivity index (χ1n) is 9.30. The van der Waals surface area contributed by atoms with Gasteiger partial charge in [-0.05, 0) is 43.5 Å². The predicted octanol–water partition coefficient (Wildman–Crippen LogP) is 4.04. The summed E-state index contributed by atoms with van der Waals surface area (Å²) < 4.78 is 5.47. The summed E-state index contributed by atoms with van der Waals surface area (Å²) in [6.07, 6.45) is 2.00. The van der Waals surface area contributed by atoms with Crippen LogP contribution in [0.2, 0.25) is 5.02 Å². The highest BCUT2D eigenvalue weighted by atomic mass is 35.5. The van der Waals surface area contributed by atoms with Crippen molar-refractivity contribution in [2.45, 2.75) is 19.8 Å². The van der Waals surface area contributed by atoms with Crippen LogP contribution in [0.3, 0.4) is 0 Å². The normalized spacial score (nSPS) is 17.1. The highest BCUT2D eigenvalue weighted by molar-refractivity contribution is 6.46. The van der Waals surface area contributed by atoms with E-state index in [-0.39, 0.29) is 11.8 Å². The van der Waals surface area contributed by atoms with Gasteiger partial charge in [0.05, 0.1) is 18.4 Å². The quantitative estimate of drug-likeness (QED) is 0.732. The largest absolute Gasteiger partial charge is 0.496 e. The van der Waals surface area contributed by atoms with Gasteiger partial charge in [0.1, 0.15) is 11.4 Å². The Kier molecular flexibility index (Phi) is 4.85. The van der Waals surface area contributed by atoms with Gasteiger partial charge in [-0.15, -0.1) is 0 Å². The standard InChI is InChI=1S/C22H21ClN2O3/c1-14-9-10-15(13-17(14)23)25-21(26)19(16-7-3-4-8-18(16)28-2)20(22(25)27)24-11-5-6-12-24/h3-4,7-10,13H,5-6,11-12H2,1-2H3. The second-order valence-corrected chi connectivity index (χ2v) is 7.40. The average molecular weight is 397 g/mol. The van der Waals surface area contributed by atoms with Gasteiger partial charge in [-0.3, -0.25) is 9.59 Å². The maximum Gasteiger partial charge on any atom is 0.282 e. The predicted molar refractivity (Wildman–Crippen MR) is 109 cm³/mol. The molecule has 2 aromatic carbocycles. The number of carbonyl (C=O) groups is 2. The van der Waals surface area contributed by atoms with Crippen LogP contribution in [0.15, 0.2) is 48.2 Å². The second-order valence-electron chi connectivity index (χ2n) is 7.00. The summed E-state index contributed by atoms with van der Waals surface area (Å²) in [5, 5.41) is 0.520. The van der Waals surface area contributed by atoms with Crippen molar-refractivity contribution in [3.63, 3.8) is 0 Å². The molecule has 1 saturated heterocycles. The lowest BCUT2D eigenvalue weighted by Crippen LogP contribution is -2.34. The van der Waals surface area contributed by atoms with Gasteiger partial charge >= 0.3 is 0 Å². The number of anilines is 1. The van der Waals surface area contributed by atoms with E-state index >= 15 is 0 Å². The van der Waals surface area contributed by atoms with Crippen LogP contribution in [0.25, 0.3) is 5.57 Å². The van der Waals surface area contributed by atoms with Crippen LogP contribution in [0.1, 0.15) is 24.0 Å². The topological polar surface area (TPSA) is 49.9 Å². The molecule has 144 valence electrons. The molecule has 2 amide bonds. The first-order valence-corrected chi connectivity index (χ1v) is 9.68. The number of hydrogen-bond donors (Lipinski definition) is 0. The summed E-state index contributed by atoms with van der Waals surface area (Å²) in [6, 6.07) is 12.5. The van der Waals surface area contributed by atoms with Gasteiger partial charge in [0.2, 0.25) is 0 Å². The van der Waals surface area contributed by atoms with E-state index in [1.165, 1.54) is 4.90 Å². The number of amides is 2. The van der Waals surface area contributed by atoms with Crippen molar-refractivity contribution in [1.29, 1.82) is 0 Å². The molecule has 0 bridgehead atoms. The molecule has 2 aliphatic heterocycles. The van der Waals surface area contributed by atoms with Gasteiger partial charge in [0, 0.05) is 23.7 Å². The van der Waals surface area contributed by atoms with Gasteiger partial charge in [-0.1, -0.05) is 35.9 Å². The molecule has 0 aromatic heterocycles. The van der Waals surface area contributed by atoms with E-state index < -0.39 is 0 Å². The lowest BCUT2D eigenvalue weighted by atomic mass is 10.0. The molecule has 0 saturated carbocycles. The highest BCUT2D eigenvalue weighted by Gasteiger charge is 2.43. The number of hydrogen-bond acceptors (Lipinski definition) is 4. The van der Waals surface area contributed by atoms with E-state index in [0.29, 0.717) is 33.3 Å². The Hall–Kier alpha value is -2.79. The van der Waals surface area contributed by atoms with Crippen LogP contribution in [-0.4, -0.2) is 36.9 Å². The van der Waals surface area contributed by atoms with Gasteiger partial charge in [-0.25, -0.2) is 4.90 Å². The number of para-hydroxylation sites is 1. The van der Waals surface area contributed by atoms with E-state index in [9.17, 15) is 9.59 Å². The zero-order valence-corrected chi connectivity index (χ0v) is 16.6. The minimum absolute atomic E-state index is 0.312. The fourth-order valence-corrected chi connectivity index (χ4v) is 3.98. The Bertz CT molecular complexity index is 993. The number of methoxy groups -OCH3 is 1. The molecular weight excluding hydrogens is 376 g/mol. The van der Waals surface area contributed by atoms with Gasteiger partial charge in [-0.2, -0.15) is 0 Å². The number of rotatable bonds is 4. The molecule has 0 aliphatic carbocycles. The molecule has 2 aliphatic rings. The molecular formula is C22H21ClN2O3. The Morgan fingerprint density at radius 2 is 1.71 bits per heavy atom. The molecule has 1 fully saturated rings. The maximum atomic E-state index is 13.5. The second kappa shape index (κ2) is 7.32. The Morgan fingerprint density at radius 1 is 1.00 bits per heavy atom. The number of nitrogens with zero attached hydrogens (tertiary/aromatic N) is 2. The van der Waals surface area contributed by atoms with E-state index in [1.807, 2.05) is 36.1 Å². The van der Waals surface area contributed by atoms with Gasteiger partial charge in [0.15, 0.2) is 0 Å². The van der Waals surface area contributed by atoms with E-state index in [0.717, 1.165) is 31.5 Å². The number of ether oxygens (including phenoxy) is 1. The van der Waals surface area contributed by atoms with Crippen molar-refractivity contribution in [3.8, 4) is 5.75 Å². The van der Waals surface area contributed by atoms with Crippen LogP contribution in [0.5, 0.6) is 5.75 Å². The zero-order chi connectivity index (χ0) is 19.8. The Balaban J connectivity index is 1.87. The van der Waals surface area contributed by atoms with Crippen LogP contribution in [0.4, 0.5) is 5.69 Å². The Labute approximate surface area is 169 Å². The van der Waals surface area contributed by atoms with Crippen LogP contribution in [-0.2, 0) is 9.59 Å². The average Bonchev–Trinajstić information content (AvgIpc) is 3.30. The number of likely N-dealkylation sites (tertiary alicyclic amines) is 1. The summed E-state index contributed by atoms with van der Waals surface area (Å²) >= 11 is 6.26. The number of benzene rings is 2. The van der Waals surface area contributed by atoms with Crippen molar-refractivity contribution in [2.24, 2.45) is 0 Å². The monoisotopic (exact) mass is 396 g/mol. The van der Waals surface area contributed by atoms with Crippen LogP contribution < -0.4 is 9.64 Å². The fraction of sp³-hybridized carbons (Fsp3) is 0.273. The molecule has 28 heavy (non-hydrogen) atoms. The summed E-state index contributed by atoms with van der Waals surface area (Å²) in [4.78, 5) is 30.1. The molecule has 5 nitrogen and oxygen atoms in total. The molecule has 0 atom stereocenters. The molecule has 4 rings (SSSR count). The van der Waals surface area contributed by atoms with Crippen LogP contribution >= 0.6 is 11.6 Å². The fourth-order valence-electron chi connectivity index (χ4n) is 3.80. The first kappa shape index (κ1) is 18.6. The highest BCUT2D eigenvalue weighted by Crippen LogP contribution is 2.39. The molecule has 0 N–H and O–H groups in total. The number of carbonyl (C=O) groups excluding carboxylic acids is 2. The molecule has 0 radical (unpaired) electrons. The van der Waals surface area contributed by atoms with Crippen molar-refractivity contribution >= 4 is 34.7 Å². The van der Waals surface area contributed by atoms with Crippen LogP contribution in [0, 0.1) is 6.92 Å². The zero-order valence-electron chi connectivity index (χ0n) is 15.9. The molecule has 0 spiro atoms. The third-order valence-corrected chi connectivity index (χ3v) is 5.68. The minimum Gasteiger partial charge on any atom is -0.496 e. The van der Waals surface area contributed by atoms with Gasteiger partial charge < -0.3 is 9.64 Å². The lowest BCUT2D eigenvalue weighted by molar-refractivity contribution is -0.120. The van der Waals surface area contributed by atoms with E-state index in [1.54, 1.807) is 25.3 Å². The third kappa shape index (κ3) is 2.96. The number of imide groups is 1. The summed E-state index contributed by atoms with van der Waals surface area (Å²) in [7, 11) is 1.56. The molecule has 6 heteroatoms.